The molecule has 0 unspecified atom stereocenters. The van der Waals surface area contributed by atoms with Crippen molar-refractivity contribution in [1.82, 2.24) is 9.80 Å². The number of piperidine rings is 1. The fraction of sp³-hybridized carbons (Fsp3) is 0.867. The smallest absolute Gasteiger partial charge is 0.319 e. The van der Waals surface area contributed by atoms with E-state index < -0.39 is 11.4 Å². The number of hydrogen-bond acceptors (Lipinski definition) is 5. The maximum absolute atomic E-state index is 12.3. The summed E-state index contributed by atoms with van der Waals surface area (Å²) in [5.74, 6) is -0.501. The highest BCUT2D eigenvalue weighted by Gasteiger charge is 2.38. The van der Waals surface area contributed by atoms with Crippen molar-refractivity contribution in [2.24, 2.45) is 5.41 Å². The molecule has 0 saturated carbocycles. The van der Waals surface area contributed by atoms with Crippen LogP contribution in [-0.4, -0.2) is 67.9 Å². The summed E-state index contributed by atoms with van der Waals surface area (Å²) in [7, 11) is 4.08. The van der Waals surface area contributed by atoms with Gasteiger partial charge in [0, 0.05) is 6.04 Å². The molecule has 0 aromatic carbocycles. The number of carbonyl (C=O) groups is 2. The van der Waals surface area contributed by atoms with Gasteiger partial charge in [0.2, 0.25) is 0 Å². The average molecular weight is 284 g/mol. The predicted octanol–water partition coefficient (Wildman–Crippen LogP) is 1.17. The van der Waals surface area contributed by atoms with Crippen molar-refractivity contribution in [3.63, 3.8) is 0 Å². The van der Waals surface area contributed by atoms with Gasteiger partial charge < -0.3 is 9.64 Å². The molecular formula is C15H28N2O3. The molecule has 0 spiro atoms. The van der Waals surface area contributed by atoms with Crippen molar-refractivity contribution in [3.8, 4) is 0 Å². The molecule has 1 fully saturated rings. The highest BCUT2D eigenvalue weighted by molar-refractivity contribution is 6.03. The lowest BCUT2D eigenvalue weighted by Gasteiger charge is -2.35. The van der Waals surface area contributed by atoms with E-state index in [-0.39, 0.29) is 5.78 Å². The Morgan fingerprint density at radius 1 is 1.30 bits per heavy atom. The van der Waals surface area contributed by atoms with Gasteiger partial charge in [0.1, 0.15) is 5.41 Å². The quantitative estimate of drug-likeness (QED) is 0.541. The SMILES string of the molecule is CCOC(=O)C(C)(C)C(=O)CN(C)C1CCN(C)CC1. The Morgan fingerprint density at radius 3 is 2.35 bits per heavy atom. The second-order valence-corrected chi connectivity index (χ2v) is 6.22. The fourth-order valence-electron chi connectivity index (χ4n) is 2.41. The first-order valence-electron chi connectivity index (χ1n) is 7.38. The van der Waals surface area contributed by atoms with Gasteiger partial charge in [0.25, 0.3) is 0 Å². The Balaban J connectivity index is 2.54. The molecule has 0 amide bonds. The number of likely N-dealkylation sites (tertiary alicyclic amines) is 1. The van der Waals surface area contributed by atoms with E-state index in [4.69, 9.17) is 4.74 Å². The third-order valence-corrected chi connectivity index (χ3v) is 4.19. The van der Waals surface area contributed by atoms with Crippen LogP contribution >= 0.6 is 0 Å². The molecule has 1 heterocycles. The number of ether oxygens (including phenoxy) is 1. The maximum Gasteiger partial charge on any atom is 0.319 e. The summed E-state index contributed by atoms with van der Waals surface area (Å²) in [5.41, 5.74) is -1.06. The number of carbonyl (C=O) groups excluding carboxylic acids is 2. The first-order valence-corrected chi connectivity index (χ1v) is 7.38. The summed E-state index contributed by atoms with van der Waals surface area (Å²) < 4.78 is 4.98. The summed E-state index contributed by atoms with van der Waals surface area (Å²) >= 11 is 0. The molecule has 1 rings (SSSR count). The van der Waals surface area contributed by atoms with E-state index >= 15 is 0 Å². The number of likely N-dealkylation sites (N-methyl/N-ethyl adjacent to an activating group) is 1. The minimum atomic E-state index is -1.06. The maximum atomic E-state index is 12.3. The Kier molecular flexibility index (Phi) is 6.14. The molecule has 20 heavy (non-hydrogen) atoms. The third-order valence-electron chi connectivity index (χ3n) is 4.19. The van der Waals surface area contributed by atoms with Crippen LogP contribution in [0.25, 0.3) is 0 Å². The topological polar surface area (TPSA) is 49.9 Å². The van der Waals surface area contributed by atoms with Crippen molar-refractivity contribution >= 4 is 11.8 Å². The van der Waals surface area contributed by atoms with Crippen LogP contribution in [0, 0.1) is 5.41 Å². The number of ketones is 1. The molecule has 0 N–H and O–H groups in total. The van der Waals surface area contributed by atoms with E-state index in [1.165, 1.54) is 0 Å². The highest BCUT2D eigenvalue weighted by atomic mass is 16.5. The van der Waals surface area contributed by atoms with Crippen LogP contribution in [0.3, 0.4) is 0 Å². The van der Waals surface area contributed by atoms with Crippen molar-refractivity contribution in [2.75, 3.05) is 40.3 Å². The molecule has 5 heteroatoms. The van der Waals surface area contributed by atoms with E-state index in [1.807, 2.05) is 7.05 Å². The summed E-state index contributed by atoms with van der Waals surface area (Å²) in [5, 5.41) is 0. The van der Waals surface area contributed by atoms with E-state index in [1.54, 1.807) is 20.8 Å². The molecular weight excluding hydrogens is 256 g/mol. The molecule has 1 aliphatic rings. The van der Waals surface area contributed by atoms with Gasteiger partial charge in [-0.3, -0.25) is 14.5 Å². The van der Waals surface area contributed by atoms with Crippen molar-refractivity contribution in [2.45, 2.75) is 39.7 Å². The molecule has 0 atom stereocenters. The Labute approximate surface area is 122 Å². The lowest BCUT2D eigenvalue weighted by Crippen LogP contribution is -2.47. The molecule has 1 saturated heterocycles. The van der Waals surface area contributed by atoms with Gasteiger partial charge in [-0.25, -0.2) is 0 Å². The predicted molar refractivity (Wildman–Crippen MR) is 78.6 cm³/mol. The lowest BCUT2D eigenvalue weighted by atomic mass is 9.87. The van der Waals surface area contributed by atoms with Gasteiger partial charge in [0.15, 0.2) is 5.78 Å². The summed E-state index contributed by atoms with van der Waals surface area (Å²) in [6, 6.07) is 0.424. The van der Waals surface area contributed by atoms with Crippen LogP contribution in [0.1, 0.15) is 33.6 Å². The second kappa shape index (κ2) is 7.18. The van der Waals surface area contributed by atoms with Gasteiger partial charge in [-0.05, 0) is 60.8 Å². The van der Waals surface area contributed by atoms with Gasteiger partial charge in [-0.1, -0.05) is 0 Å². The van der Waals surface area contributed by atoms with Crippen LogP contribution in [0.4, 0.5) is 0 Å². The van der Waals surface area contributed by atoms with Crippen molar-refractivity contribution in [1.29, 1.82) is 0 Å². The van der Waals surface area contributed by atoms with E-state index in [2.05, 4.69) is 16.8 Å². The van der Waals surface area contributed by atoms with Crippen LogP contribution in [0.15, 0.2) is 0 Å². The number of hydrogen-bond donors (Lipinski definition) is 0. The van der Waals surface area contributed by atoms with E-state index in [0.717, 1.165) is 25.9 Å². The second-order valence-electron chi connectivity index (χ2n) is 6.22. The van der Waals surface area contributed by atoms with Gasteiger partial charge in [-0.15, -0.1) is 0 Å². The Hall–Kier alpha value is -0.940. The van der Waals surface area contributed by atoms with Crippen LogP contribution < -0.4 is 0 Å². The zero-order valence-electron chi connectivity index (χ0n) is 13.4. The summed E-state index contributed by atoms with van der Waals surface area (Å²) in [6.45, 7) is 7.78. The molecule has 0 aromatic heterocycles. The third kappa shape index (κ3) is 4.28. The van der Waals surface area contributed by atoms with Crippen LogP contribution in [0.5, 0.6) is 0 Å². The average Bonchev–Trinajstić information content (AvgIpc) is 2.39. The summed E-state index contributed by atoms with van der Waals surface area (Å²) in [4.78, 5) is 28.6. The fourth-order valence-corrected chi connectivity index (χ4v) is 2.41. The monoisotopic (exact) mass is 284 g/mol. The normalized spacial score (nSPS) is 18.3. The van der Waals surface area contributed by atoms with Crippen LogP contribution in [-0.2, 0) is 14.3 Å². The lowest BCUT2D eigenvalue weighted by molar-refractivity contribution is -0.158. The first kappa shape index (κ1) is 17.1. The number of Topliss-reactive ketones (excluding diaryl/α,β-unsaturated/α-hetero) is 1. The van der Waals surface area contributed by atoms with E-state index in [0.29, 0.717) is 19.2 Å². The number of esters is 1. The Morgan fingerprint density at radius 2 is 1.85 bits per heavy atom. The van der Waals surface area contributed by atoms with Gasteiger partial charge in [-0.2, -0.15) is 0 Å². The molecule has 0 radical (unpaired) electrons. The molecule has 1 aliphatic heterocycles. The molecule has 0 bridgehead atoms. The highest BCUT2D eigenvalue weighted by Crippen LogP contribution is 2.21. The van der Waals surface area contributed by atoms with Gasteiger partial charge in [0.05, 0.1) is 13.2 Å². The largest absolute Gasteiger partial charge is 0.465 e. The molecule has 0 aliphatic carbocycles. The molecule has 116 valence electrons. The van der Waals surface area contributed by atoms with E-state index in [9.17, 15) is 9.59 Å². The number of rotatable bonds is 6. The summed E-state index contributed by atoms with van der Waals surface area (Å²) in [6.07, 6.45) is 2.14. The molecule has 0 aromatic rings. The standard InChI is InChI=1S/C15H28N2O3/c1-6-20-14(19)15(2,3)13(18)11-17(5)12-7-9-16(4)10-8-12/h12H,6-11H2,1-5H3. The minimum absolute atomic E-state index is 0.0719. The van der Waals surface area contributed by atoms with Crippen LogP contribution in [0.2, 0.25) is 0 Å². The van der Waals surface area contributed by atoms with Crippen molar-refractivity contribution in [3.05, 3.63) is 0 Å². The molecule has 5 nitrogen and oxygen atoms in total. The van der Waals surface area contributed by atoms with Crippen molar-refractivity contribution < 1.29 is 14.3 Å². The zero-order valence-corrected chi connectivity index (χ0v) is 13.4. The first-order chi connectivity index (χ1) is 9.28. The minimum Gasteiger partial charge on any atom is -0.465 e. The Bertz CT molecular complexity index is 347. The van der Waals surface area contributed by atoms with Gasteiger partial charge >= 0.3 is 5.97 Å². The zero-order chi connectivity index (χ0) is 15.3. The number of nitrogens with zero attached hydrogens (tertiary/aromatic N) is 2.